The lowest BCUT2D eigenvalue weighted by Crippen LogP contribution is -2.27. The molecule has 0 aliphatic carbocycles. The molecule has 0 bridgehead atoms. The Kier molecular flexibility index (Phi) is 3.29. The van der Waals surface area contributed by atoms with Crippen molar-refractivity contribution in [1.29, 1.82) is 0 Å². The highest BCUT2D eigenvalue weighted by Gasteiger charge is 2.15. The largest absolute Gasteiger partial charge is 0.324 e. The van der Waals surface area contributed by atoms with Crippen LogP contribution >= 0.6 is 0 Å². The first-order valence-corrected chi connectivity index (χ1v) is 6.47. The van der Waals surface area contributed by atoms with Gasteiger partial charge in [0, 0.05) is 5.69 Å². The van der Waals surface area contributed by atoms with Crippen LogP contribution in [-0.4, -0.2) is 15.9 Å². The van der Waals surface area contributed by atoms with Gasteiger partial charge in [0.1, 0.15) is 6.04 Å². The Morgan fingerprint density at radius 2 is 1.76 bits per heavy atom. The molecule has 0 radical (unpaired) electrons. The zero-order valence-corrected chi connectivity index (χ0v) is 11.1. The lowest BCUT2D eigenvalue weighted by molar-refractivity contribution is -0.117. The molecule has 3 aromatic rings. The normalized spacial score (nSPS) is 12.2. The Labute approximate surface area is 120 Å². The van der Waals surface area contributed by atoms with Crippen molar-refractivity contribution in [2.24, 2.45) is 5.73 Å². The molecule has 5 N–H and O–H groups in total. The summed E-state index contributed by atoms with van der Waals surface area (Å²) in [6.45, 7) is 0. The second-order valence-electron chi connectivity index (χ2n) is 4.72. The number of carbonyl (C=O) groups is 1. The van der Waals surface area contributed by atoms with Crippen molar-refractivity contribution in [2.75, 3.05) is 5.32 Å². The van der Waals surface area contributed by atoms with Crippen LogP contribution < -0.4 is 16.7 Å². The number of rotatable bonds is 3. The van der Waals surface area contributed by atoms with E-state index in [1.165, 1.54) is 0 Å². The number of aromatic amines is 2. The van der Waals surface area contributed by atoms with E-state index in [1.54, 1.807) is 30.3 Å². The zero-order chi connectivity index (χ0) is 14.8. The van der Waals surface area contributed by atoms with Gasteiger partial charge in [-0.15, -0.1) is 0 Å². The van der Waals surface area contributed by atoms with Crippen LogP contribution in [-0.2, 0) is 4.79 Å². The highest BCUT2D eigenvalue weighted by atomic mass is 16.2. The van der Waals surface area contributed by atoms with E-state index in [2.05, 4.69) is 15.3 Å². The van der Waals surface area contributed by atoms with Crippen LogP contribution in [0.3, 0.4) is 0 Å². The molecule has 0 aliphatic rings. The second kappa shape index (κ2) is 5.26. The number of aromatic nitrogens is 2. The molecular formula is C15H14N4O2. The lowest BCUT2D eigenvalue weighted by Gasteiger charge is -2.12. The Bertz CT molecular complexity index is 836. The first-order valence-electron chi connectivity index (χ1n) is 6.47. The van der Waals surface area contributed by atoms with Gasteiger partial charge < -0.3 is 21.0 Å². The van der Waals surface area contributed by atoms with Crippen LogP contribution in [0.4, 0.5) is 5.69 Å². The molecule has 21 heavy (non-hydrogen) atoms. The van der Waals surface area contributed by atoms with E-state index in [0.717, 1.165) is 5.56 Å². The maximum Gasteiger partial charge on any atom is 0.323 e. The van der Waals surface area contributed by atoms with Gasteiger partial charge in [0.05, 0.1) is 11.0 Å². The Morgan fingerprint density at radius 3 is 2.52 bits per heavy atom. The minimum atomic E-state index is -0.743. The van der Waals surface area contributed by atoms with Gasteiger partial charge in [0.15, 0.2) is 0 Å². The van der Waals surface area contributed by atoms with Crippen LogP contribution in [0.5, 0.6) is 0 Å². The van der Waals surface area contributed by atoms with Crippen LogP contribution in [0.15, 0.2) is 53.3 Å². The summed E-state index contributed by atoms with van der Waals surface area (Å²) in [4.78, 5) is 28.6. The standard InChI is InChI=1S/C15H14N4O2/c16-13(9-4-2-1-3-5-9)14(20)17-10-6-7-11-12(8-10)19-15(21)18-11/h1-8,13H,16H2,(H,17,20)(H2,18,19,21)/t13-/m0/s1. The molecule has 6 nitrogen and oxygen atoms in total. The van der Waals surface area contributed by atoms with Gasteiger partial charge in [-0.3, -0.25) is 4.79 Å². The third-order valence-corrected chi connectivity index (χ3v) is 3.22. The van der Waals surface area contributed by atoms with Gasteiger partial charge in [0.25, 0.3) is 0 Å². The van der Waals surface area contributed by atoms with Gasteiger partial charge in [-0.05, 0) is 23.8 Å². The number of imidazole rings is 1. The van der Waals surface area contributed by atoms with E-state index < -0.39 is 6.04 Å². The summed E-state index contributed by atoms with van der Waals surface area (Å²) in [6, 6.07) is 13.5. The van der Waals surface area contributed by atoms with Crippen molar-refractivity contribution in [3.05, 3.63) is 64.6 Å². The molecule has 1 atom stereocenters. The SMILES string of the molecule is N[C@H](C(=O)Nc1ccc2[nH]c(=O)[nH]c2c1)c1ccccc1. The van der Waals surface area contributed by atoms with E-state index in [-0.39, 0.29) is 11.6 Å². The van der Waals surface area contributed by atoms with E-state index in [9.17, 15) is 9.59 Å². The summed E-state index contributed by atoms with van der Waals surface area (Å²) in [5, 5.41) is 2.74. The molecule has 0 aliphatic heterocycles. The maximum atomic E-state index is 12.1. The van der Waals surface area contributed by atoms with Crippen LogP contribution in [0, 0.1) is 0 Å². The summed E-state index contributed by atoms with van der Waals surface area (Å²) >= 11 is 0. The molecular weight excluding hydrogens is 268 g/mol. The van der Waals surface area contributed by atoms with E-state index in [0.29, 0.717) is 16.7 Å². The number of hydrogen-bond acceptors (Lipinski definition) is 3. The molecule has 1 amide bonds. The van der Waals surface area contributed by atoms with Gasteiger partial charge >= 0.3 is 5.69 Å². The minimum Gasteiger partial charge on any atom is -0.324 e. The van der Waals surface area contributed by atoms with E-state index in [1.807, 2.05) is 18.2 Å². The highest BCUT2D eigenvalue weighted by molar-refractivity contribution is 5.96. The Balaban J connectivity index is 1.81. The van der Waals surface area contributed by atoms with Crippen LogP contribution in [0.1, 0.15) is 11.6 Å². The topological polar surface area (TPSA) is 104 Å². The molecule has 2 aromatic carbocycles. The number of nitrogens with one attached hydrogen (secondary N) is 3. The van der Waals surface area contributed by atoms with Crippen molar-refractivity contribution in [3.8, 4) is 0 Å². The zero-order valence-electron chi connectivity index (χ0n) is 11.1. The Hall–Kier alpha value is -2.86. The van der Waals surface area contributed by atoms with Gasteiger partial charge in [0.2, 0.25) is 5.91 Å². The number of carbonyl (C=O) groups excluding carboxylic acids is 1. The van der Waals surface area contributed by atoms with Crippen molar-refractivity contribution in [3.63, 3.8) is 0 Å². The molecule has 6 heteroatoms. The third kappa shape index (κ3) is 2.70. The molecule has 0 unspecified atom stereocenters. The molecule has 0 spiro atoms. The maximum absolute atomic E-state index is 12.1. The van der Waals surface area contributed by atoms with Gasteiger partial charge in [-0.2, -0.15) is 0 Å². The minimum absolute atomic E-state index is 0.283. The molecule has 3 rings (SSSR count). The first-order chi connectivity index (χ1) is 10.1. The number of amides is 1. The average molecular weight is 282 g/mol. The molecule has 0 fully saturated rings. The predicted octanol–water partition coefficient (Wildman–Crippen LogP) is 1.49. The molecule has 1 aromatic heterocycles. The number of H-pyrrole nitrogens is 2. The summed E-state index contributed by atoms with van der Waals surface area (Å²) in [5.41, 5.74) is 8.28. The first kappa shape index (κ1) is 13.1. The monoisotopic (exact) mass is 282 g/mol. The van der Waals surface area contributed by atoms with Gasteiger partial charge in [-0.1, -0.05) is 30.3 Å². The number of benzene rings is 2. The highest BCUT2D eigenvalue weighted by Crippen LogP contribution is 2.17. The molecule has 0 saturated carbocycles. The smallest absolute Gasteiger partial charge is 0.323 e. The van der Waals surface area contributed by atoms with E-state index >= 15 is 0 Å². The second-order valence-corrected chi connectivity index (χ2v) is 4.72. The number of hydrogen-bond donors (Lipinski definition) is 4. The summed E-state index contributed by atoms with van der Waals surface area (Å²) < 4.78 is 0. The molecule has 1 heterocycles. The van der Waals surface area contributed by atoms with Crippen molar-refractivity contribution in [2.45, 2.75) is 6.04 Å². The Morgan fingerprint density at radius 1 is 1.05 bits per heavy atom. The van der Waals surface area contributed by atoms with Crippen LogP contribution in [0.25, 0.3) is 11.0 Å². The number of nitrogens with two attached hydrogens (primary N) is 1. The predicted molar refractivity (Wildman–Crippen MR) is 80.9 cm³/mol. The number of fused-ring (bicyclic) bond motifs is 1. The fourth-order valence-electron chi connectivity index (χ4n) is 2.14. The van der Waals surface area contributed by atoms with Crippen molar-refractivity contribution in [1.82, 2.24) is 9.97 Å². The molecule has 106 valence electrons. The third-order valence-electron chi connectivity index (χ3n) is 3.22. The summed E-state index contributed by atoms with van der Waals surface area (Å²) in [6.07, 6.45) is 0. The van der Waals surface area contributed by atoms with E-state index in [4.69, 9.17) is 5.73 Å². The van der Waals surface area contributed by atoms with Crippen molar-refractivity contribution < 1.29 is 4.79 Å². The van der Waals surface area contributed by atoms with Crippen LogP contribution in [0.2, 0.25) is 0 Å². The molecule has 0 saturated heterocycles. The fraction of sp³-hybridized carbons (Fsp3) is 0.0667. The number of anilines is 1. The van der Waals surface area contributed by atoms with Gasteiger partial charge in [-0.25, -0.2) is 4.79 Å². The average Bonchev–Trinajstić information content (AvgIpc) is 2.86. The quantitative estimate of drug-likeness (QED) is 0.585. The fourth-order valence-corrected chi connectivity index (χ4v) is 2.14. The van der Waals surface area contributed by atoms with Crippen molar-refractivity contribution >= 4 is 22.6 Å². The lowest BCUT2D eigenvalue weighted by atomic mass is 10.1. The summed E-state index contributed by atoms with van der Waals surface area (Å²) in [5.74, 6) is -0.307. The summed E-state index contributed by atoms with van der Waals surface area (Å²) in [7, 11) is 0.